The molecular formula is C28H29ClF3N5O3. The lowest BCUT2D eigenvalue weighted by molar-refractivity contribution is -0.611. The lowest BCUT2D eigenvalue weighted by atomic mass is 9.81. The highest BCUT2D eigenvalue weighted by Gasteiger charge is 2.40. The molecule has 0 radical (unpaired) electrons. The zero-order chi connectivity index (χ0) is 28.6. The van der Waals surface area contributed by atoms with Crippen molar-refractivity contribution < 1.29 is 27.5 Å². The van der Waals surface area contributed by atoms with E-state index in [2.05, 4.69) is 16.0 Å². The lowest BCUT2D eigenvalue weighted by Gasteiger charge is -2.33. The molecule has 1 atom stereocenters. The summed E-state index contributed by atoms with van der Waals surface area (Å²) in [6.07, 6.45) is 0.559. The van der Waals surface area contributed by atoms with Crippen LogP contribution in [0, 0.1) is 23.9 Å². The summed E-state index contributed by atoms with van der Waals surface area (Å²) in [6, 6.07) is 7.72. The van der Waals surface area contributed by atoms with E-state index in [0.29, 0.717) is 30.1 Å². The molecule has 3 aromatic rings. The van der Waals surface area contributed by atoms with Gasteiger partial charge in [-0.1, -0.05) is 11.6 Å². The van der Waals surface area contributed by atoms with Crippen molar-refractivity contribution in [2.75, 3.05) is 11.9 Å². The molecular weight excluding hydrogens is 547 g/mol. The van der Waals surface area contributed by atoms with E-state index in [4.69, 9.17) is 11.6 Å². The van der Waals surface area contributed by atoms with Crippen LogP contribution in [0.3, 0.4) is 0 Å². The monoisotopic (exact) mass is 575 g/mol. The molecule has 0 bridgehead atoms. The van der Waals surface area contributed by atoms with Crippen LogP contribution in [0.1, 0.15) is 47.6 Å². The Balaban J connectivity index is 1.38. The van der Waals surface area contributed by atoms with Crippen LogP contribution in [0.25, 0.3) is 11.1 Å². The third-order valence-corrected chi connectivity index (χ3v) is 8.03. The van der Waals surface area contributed by atoms with Gasteiger partial charge < -0.3 is 25.7 Å². The van der Waals surface area contributed by atoms with Crippen LogP contribution in [0.15, 0.2) is 42.6 Å². The summed E-state index contributed by atoms with van der Waals surface area (Å²) >= 11 is 6.23. The fourth-order valence-corrected chi connectivity index (χ4v) is 5.79. The van der Waals surface area contributed by atoms with E-state index in [9.17, 15) is 23.6 Å². The molecule has 5 rings (SSSR count). The summed E-state index contributed by atoms with van der Waals surface area (Å²) in [5, 5.41) is 20.8. The van der Waals surface area contributed by atoms with Gasteiger partial charge in [0.15, 0.2) is 11.9 Å². The molecule has 1 aliphatic carbocycles. The van der Waals surface area contributed by atoms with Gasteiger partial charge in [-0.15, -0.1) is 0 Å². The number of hydrogen-bond acceptors (Lipinski definition) is 4. The molecule has 2 aromatic heterocycles. The van der Waals surface area contributed by atoms with Crippen molar-refractivity contribution in [3.05, 3.63) is 75.7 Å². The van der Waals surface area contributed by atoms with Crippen LogP contribution < -0.4 is 20.7 Å². The molecule has 2 amide bonds. The first-order valence-electron chi connectivity index (χ1n) is 13.1. The van der Waals surface area contributed by atoms with Gasteiger partial charge in [-0.05, 0) is 49.1 Å². The normalized spacial score (nSPS) is 17.6. The number of rotatable bonds is 6. The molecule has 0 unspecified atom stereocenters. The number of nitrogens with one attached hydrogen (secondary N) is 3. The number of anilines is 1. The topological polar surface area (TPSA) is 102 Å². The van der Waals surface area contributed by atoms with Crippen molar-refractivity contribution in [1.29, 1.82) is 0 Å². The Morgan fingerprint density at radius 3 is 2.67 bits per heavy atom. The highest BCUT2D eigenvalue weighted by atomic mass is 35.5. The molecule has 1 aromatic carbocycles. The number of aromatic nitrogens is 2. The number of hydrogen-bond donors (Lipinski definition) is 3. The summed E-state index contributed by atoms with van der Waals surface area (Å²) in [5.74, 6) is -5.17. The highest BCUT2D eigenvalue weighted by Crippen LogP contribution is 2.38. The maximum Gasteiger partial charge on any atom is 0.268 e. The van der Waals surface area contributed by atoms with E-state index in [1.54, 1.807) is 6.07 Å². The van der Waals surface area contributed by atoms with Crippen molar-refractivity contribution >= 4 is 29.1 Å². The summed E-state index contributed by atoms with van der Waals surface area (Å²) < 4.78 is 45.4. The maximum atomic E-state index is 15.2. The molecule has 12 heteroatoms. The van der Waals surface area contributed by atoms with Crippen molar-refractivity contribution in [2.45, 2.75) is 57.7 Å². The number of alkyl halides is 2. The molecule has 0 spiro atoms. The predicted octanol–water partition coefficient (Wildman–Crippen LogP) is 4.56. The van der Waals surface area contributed by atoms with Gasteiger partial charge in [0, 0.05) is 62.4 Å². The van der Waals surface area contributed by atoms with Gasteiger partial charge in [-0.2, -0.15) is 4.73 Å². The van der Waals surface area contributed by atoms with Crippen LogP contribution >= 0.6 is 11.6 Å². The summed E-state index contributed by atoms with van der Waals surface area (Å²) in [7, 11) is 0. The molecule has 40 heavy (non-hydrogen) atoms. The fourth-order valence-electron chi connectivity index (χ4n) is 5.49. The van der Waals surface area contributed by atoms with Crippen molar-refractivity contribution in [3.63, 3.8) is 0 Å². The van der Waals surface area contributed by atoms with E-state index < -0.39 is 35.5 Å². The number of amides is 2. The maximum absolute atomic E-state index is 15.2. The Hall–Kier alpha value is -3.57. The Labute approximate surface area is 234 Å². The Morgan fingerprint density at radius 1 is 1.20 bits per heavy atom. The number of fused-ring (bicyclic) bond motifs is 1. The number of carbonyl (C=O) groups is 2. The number of benzene rings is 1. The van der Waals surface area contributed by atoms with Gasteiger partial charge in [-0.25, -0.2) is 13.2 Å². The first-order chi connectivity index (χ1) is 19.0. The average Bonchev–Trinajstić information content (AvgIpc) is 3.35. The van der Waals surface area contributed by atoms with Gasteiger partial charge in [0.25, 0.3) is 5.91 Å². The van der Waals surface area contributed by atoms with Crippen molar-refractivity contribution in [1.82, 2.24) is 15.2 Å². The largest absolute Gasteiger partial charge is 0.618 e. The summed E-state index contributed by atoms with van der Waals surface area (Å²) in [4.78, 5) is 26.7. The van der Waals surface area contributed by atoms with E-state index in [0.717, 1.165) is 11.8 Å². The summed E-state index contributed by atoms with van der Waals surface area (Å²) in [6.45, 7) is 3.40. The van der Waals surface area contributed by atoms with Crippen LogP contribution in [0.2, 0.25) is 5.02 Å². The smallest absolute Gasteiger partial charge is 0.268 e. The van der Waals surface area contributed by atoms with Gasteiger partial charge >= 0.3 is 0 Å². The highest BCUT2D eigenvalue weighted by molar-refractivity contribution is 6.33. The van der Waals surface area contributed by atoms with Gasteiger partial charge in [0.05, 0.1) is 10.6 Å². The Morgan fingerprint density at radius 2 is 1.95 bits per heavy atom. The minimum absolute atomic E-state index is 0.0514. The number of nitrogens with zero attached hydrogens (tertiary/aromatic N) is 2. The summed E-state index contributed by atoms with van der Waals surface area (Å²) in [5.41, 5.74) is 1.95. The third kappa shape index (κ3) is 5.66. The second-order valence-corrected chi connectivity index (χ2v) is 10.7. The minimum Gasteiger partial charge on any atom is -0.618 e. The molecule has 1 fully saturated rings. The van der Waals surface area contributed by atoms with E-state index in [1.807, 2.05) is 10.6 Å². The quantitative estimate of drug-likeness (QED) is 0.296. The van der Waals surface area contributed by atoms with Gasteiger partial charge in [-0.3, -0.25) is 9.59 Å². The zero-order valence-corrected chi connectivity index (χ0v) is 22.5. The van der Waals surface area contributed by atoms with Crippen LogP contribution in [-0.4, -0.2) is 34.9 Å². The Bertz CT molecular complexity index is 1450. The van der Waals surface area contributed by atoms with Crippen LogP contribution in [0.4, 0.5) is 18.9 Å². The third-order valence-electron chi connectivity index (χ3n) is 7.72. The molecule has 3 heterocycles. The number of pyridine rings is 1. The second-order valence-electron chi connectivity index (χ2n) is 10.3. The predicted molar refractivity (Wildman–Crippen MR) is 143 cm³/mol. The standard InChI is InChI=1S/C28H29ClF3N5O3/c1-16-24(21(29)8-12-37(16)40)20-4-2-18(14-22(20)30)34-27(39)25(17-6-9-28(31,32)10-7-17)35-26(38)23-5-3-19-15-33-11-13-36(19)23/h2-5,8,12,14,17,25,33H,6-7,9-11,13,15H2,1H3,(H,34,39)(H,35,38)/t25-/m0/s1. The second kappa shape index (κ2) is 11.1. The first kappa shape index (κ1) is 28.0. The zero-order valence-electron chi connectivity index (χ0n) is 21.8. The lowest BCUT2D eigenvalue weighted by Crippen LogP contribution is -2.50. The van der Waals surface area contributed by atoms with E-state index in [-0.39, 0.29) is 53.2 Å². The molecule has 212 valence electrons. The van der Waals surface area contributed by atoms with Crippen LogP contribution in [-0.2, 0) is 17.9 Å². The number of carbonyl (C=O) groups excluding carboxylic acids is 2. The van der Waals surface area contributed by atoms with Crippen molar-refractivity contribution in [3.8, 4) is 11.1 Å². The molecule has 0 saturated heterocycles. The fraction of sp³-hybridized carbons (Fsp3) is 0.393. The van der Waals surface area contributed by atoms with Gasteiger partial charge in [0.2, 0.25) is 11.8 Å². The Kier molecular flexibility index (Phi) is 7.78. The van der Waals surface area contributed by atoms with E-state index >= 15 is 4.39 Å². The molecule has 8 nitrogen and oxygen atoms in total. The molecule has 1 aliphatic heterocycles. The SMILES string of the molecule is Cc1c(-c2ccc(NC(=O)[C@@H](NC(=O)c3ccc4n3CCNC4)C3CCC(F)(F)CC3)cc2F)c(Cl)cc[n+]1[O-]. The molecule has 3 N–H and O–H groups in total. The molecule has 1 saturated carbocycles. The molecule has 2 aliphatic rings. The van der Waals surface area contributed by atoms with Crippen molar-refractivity contribution in [2.24, 2.45) is 5.92 Å². The first-order valence-corrected chi connectivity index (χ1v) is 13.5. The van der Waals surface area contributed by atoms with Crippen LogP contribution in [0.5, 0.6) is 0 Å². The minimum atomic E-state index is -2.81. The van der Waals surface area contributed by atoms with Gasteiger partial charge in [0.1, 0.15) is 17.6 Å². The van der Waals surface area contributed by atoms with E-state index in [1.165, 1.54) is 31.3 Å². The number of halogens is 4. The average molecular weight is 576 g/mol.